The van der Waals surface area contributed by atoms with E-state index in [9.17, 15) is 13.0 Å². The molecule has 2 aliphatic carbocycles. The van der Waals surface area contributed by atoms with Gasteiger partial charge in [-0.2, -0.15) is 8.42 Å². The molecule has 3 nitrogen and oxygen atoms in total. The topological polar surface area (TPSA) is 54.4 Å². The summed E-state index contributed by atoms with van der Waals surface area (Å²) in [6.45, 7) is 0. The Bertz CT molecular complexity index is 571. The van der Waals surface area contributed by atoms with Crippen molar-refractivity contribution in [1.29, 1.82) is 0 Å². The highest BCUT2D eigenvalue weighted by atomic mass is 32.2. The Labute approximate surface area is 128 Å². The van der Waals surface area contributed by atoms with Crippen LogP contribution in [0.25, 0.3) is 0 Å². The maximum Gasteiger partial charge on any atom is 0.295 e. The molecule has 0 bridgehead atoms. The summed E-state index contributed by atoms with van der Waals surface area (Å²) in [6.07, 6.45) is 9.97. The van der Waals surface area contributed by atoms with E-state index < -0.39 is 18.0 Å². The molecule has 2 fully saturated rings. The highest BCUT2D eigenvalue weighted by Crippen LogP contribution is 2.56. The SMILES string of the molecule is O=S(=O)(O)c1ccccc1P(C1CCCC1)C1CCCC1. The summed E-state index contributed by atoms with van der Waals surface area (Å²) < 4.78 is 33.1. The van der Waals surface area contributed by atoms with Gasteiger partial charge < -0.3 is 0 Å². The van der Waals surface area contributed by atoms with Gasteiger partial charge in [0, 0.05) is 0 Å². The first-order chi connectivity index (χ1) is 10.1. The van der Waals surface area contributed by atoms with Crippen molar-refractivity contribution >= 4 is 23.3 Å². The molecule has 0 saturated heterocycles. The van der Waals surface area contributed by atoms with Crippen molar-refractivity contribution in [3.05, 3.63) is 24.3 Å². The molecule has 1 N–H and O–H groups in total. The third kappa shape index (κ3) is 3.33. The zero-order valence-corrected chi connectivity index (χ0v) is 14.0. The van der Waals surface area contributed by atoms with Gasteiger partial charge in [-0.25, -0.2) is 0 Å². The summed E-state index contributed by atoms with van der Waals surface area (Å²) in [5, 5.41) is 0.925. The van der Waals surface area contributed by atoms with Gasteiger partial charge in [0.05, 0.1) is 0 Å². The number of hydrogen-bond donors (Lipinski definition) is 1. The number of rotatable bonds is 4. The first-order valence-electron chi connectivity index (χ1n) is 7.92. The van der Waals surface area contributed by atoms with Crippen molar-refractivity contribution in [3.63, 3.8) is 0 Å². The van der Waals surface area contributed by atoms with Crippen LogP contribution in [-0.4, -0.2) is 24.3 Å². The maximum atomic E-state index is 11.8. The van der Waals surface area contributed by atoms with Crippen LogP contribution in [0.3, 0.4) is 0 Å². The lowest BCUT2D eigenvalue weighted by molar-refractivity contribution is 0.484. The van der Waals surface area contributed by atoms with E-state index in [1.807, 2.05) is 12.1 Å². The van der Waals surface area contributed by atoms with Crippen LogP contribution in [-0.2, 0) is 10.1 Å². The lowest BCUT2D eigenvalue weighted by Gasteiger charge is -2.31. The highest BCUT2D eigenvalue weighted by Gasteiger charge is 2.36. The number of benzene rings is 1. The van der Waals surface area contributed by atoms with E-state index in [1.54, 1.807) is 12.1 Å². The van der Waals surface area contributed by atoms with Crippen molar-refractivity contribution in [2.75, 3.05) is 0 Å². The van der Waals surface area contributed by atoms with E-state index >= 15 is 0 Å². The molecule has 0 unspecified atom stereocenters. The third-order valence-electron chi connectivity index (χ3n) is 4.86. The minimum atomic E-state index is -4.12. The Hall–Kier alpha value is -0.440. The van der Waals surface area contributed by atoms with Crippen LogP contribution in [0.15, 0.2) is 29.2 Å². The van der Waals surface area contributed by atoms with E-state index in [0.717, 1.165) is 5.30 Å². The zero-order chi connectivity index (χ0) is 14.9. The summed E-state index contributed by atoms with van der Waals surface area (Å²) in [5.41, 5.74) is 1.29. The average Bonchev–Trinajstić information content (AvgIpc) is 3.12. The summed E-state index contributed by atoms with van der Waals surface area (Å²) in [4.78, 5) is 0.162. The normalized spacial score (nSPS) is 21.4. The fourth-order valence-corrected chi connectivity index (χ4v) is 9.00. The molecule has 0 spiro atoms. The average molecular weight is 326 g/mol. The van der Waals surface area contributed by atoms with Crippen molar-refractivity contribution in [2.24, 2.45) is 0 Å². The van der Waals surface area contributed by atoms with Crippen LogP contribution in [0, 0.1) is 0 Å². The van der Waals surface area contributed by atoms with E-state index in [2.05, 4.69) is 0 Å². The molecule has 0 aromatic heterocycles. The van der Waals surface area contributed by atoms with Crippen LogP contribution in [0.2, 0.25) is 0 Å². The quantitative estimate of drug-likeness (QED) is 0.674. The molecule has 2 saturated carbocycles. The van der Waals surface area contributed by atoms with Gasteiger partial charge in [0.25, 0.3) is 10.1 Å². The van der Waals surface area contributed by atoms with Crippen LogP contribution >= 0.6 is 7.92 Å². The molecule has 1 aromatic rings. The van der Waals surface area contributed by atoms with Crippen molar-refractivity contribution in [3.8, 4) is 0 Å². The molecular formula is C16H23O3PS. The van der Waals surface area contributed by atoms with Crippen molar-refractivity contribution in [2.45, 2.75) is 67.6 Å². The number of hydrogen-bond acceptors (Lipinski definition) is 2. The zero-order valence-electron chi connectivity index (χ0n) is 12.2. The van der Waals surface area contributed by atoms with E-state index in [0.29, 0.717) is 11.3 Å². The molecule has 2 aliphatic rings. The van der Waals surface area contributed by atoms with E-state index in [-0.39, 0.29) is 4.90 Å². The van der Waals surface area contributed by atoms with Crippen molar-refractivity contribution in [1.82, 2.24) is 0 Å². The largest absolute Gasteiger partial charge is 0.295 e. The Morgan fingerprint density at radius 1 is 0.905 bits per heavy atom. The van der Waals surface area contributed by atoms with Crippen LogP contribution in [0.5, 0.6) is 0 Å². The molecule has 0 amide bonds. The molecule has 3 rings (SSSR count). The predicted molar refractivity (Wildman–Crippen MR) is 87.3 cm³/mol. The van der Waals surface area contributed by atoms with Crippen LogP contribution < -0.4 is 5.30 Å². The maximum absolute atomic E-state index is 11.8. The van der Waals surface area contributed by atoms with Crippen molar-refractivity contribution < 1.29 is 13.0 Å². The van der Waals surface area contributed by atoms with Gasteiger partial charge >= 0.3 is 0 Å². The molecule has 0 heterocycles. The minimum Gasteiger partial charge on any atom is -0.282 e. The molecule has 0 radical (unpaired) electrons. The van der Waals surface area contributed by atoms with E-state index in [1.165, 1.54) is 51.4 Å². The molecule has 1 aromatic carbocycles. The second-order valence-electron chi connectivity index (χ2n) is 6.23. The first-order valence-corrected chi connectivity index (χ1v) is 10.8. The predicted octanol–water partition coefficient (Wildman–Crippen LogP) is 3.93. The minimum absolute atomic E-state index is 0.162. The molecule has 0 aliphatic heterocycles. The standard InChI is InChI=1S/C16H23O3PS/c17-21(18,19)16-12-6-5-11-15(16)20(13-7-1-2-8-13)14-9-3-4-10-14/h5-6,11-14H,1-4,7-10H2,(H,17,18,19). The van der Waals surface area contributed by atoms with E-state index in [4.69, 9.17) is 0 Å². The van der Waals surface area contributed by atoms with Gasteiger partial charge in [-0.3, -0.25) is 4.55 Å². The smallest absolute Gasteiger partial charge is 0.282 e. The monoisotopic (exact) mass is 326 g/mol. The molecule has 5 heteroatoms. The Morgan fingerprint density at radius 3 is 1.86 bits per heavy atom. The lowest BCUT2D eigenvalue weighted by Crippen LogP contribution is -2.23. The molecular weight excluding hydrogens is 303 g/mol. The Balaban J connectivity index is 2.03. The fraction of sp³-hybridized carbons (Fsp3) is 0.625. The Kier molecular flexibility index (Phi) is 4.68. The first kappa shape index (κ1) is 15.5. The van der Waals surface area contributed by atoms with Crippen LogP contribution in [0.1, 0.15) is 51.4 Å². The molecule has 116 valence electrons. The van der Waals surface area contributed by atoms with Gasteiger partial charge in [-0.15, -0.1) is 0 Å². The Morgan fingerprint density at radius 2 is 1.38 bits per heavy atom. The van der Waals surface area contributed by atoms with Gasteiger partial charge in [0.15, 0.2) is 0 Å². The van der Waals surface area contributed by atoms with Gasteiger partial charge in [-0.05, 0) is 48.4 Å². The summed E-state index contributed by atoms with van der Waals surface area (Å²) >= 11 is 0. The molecule has 0 atom stereocenters. The van der Waals surface area contributed by atoms with Crippen LogP contribution in [0.4, 0.5) is 0 Å². The summed E-state index contributed by atoms with van der Waals surface area (Å²) in [6, 6.07) is 7.15. The second kappa shape index (κ2) is 6.36. The van der Waals surface area contributed by atoms with Gasteiger partial charge in [-0.1, -0.05) is 51.8 Å². The lowest BCUT2D eigenvalue weighted by atomic mass is 10.3. The molecule has 21 heavy (non-hydrogen) atoms. The fourth-order valence-electron chi connectivity index (χ4n) is 3.95. The summed E-state index contributed by atoms with van der Waals surface area (Å²) in [7, 11) is -4.60. The second-order valence-corrected chi connectivity index (χ2v) is 10.4. The highest BCUT2D eigenvalue weighted by molar-refractivity contribution is 7.86. The third-order valence-corrected chi connectivity index (χ3v) is 9.47. The summed E-state index contributed by atoms with van der Waals surface area (Å²) in [5.74, 6) is 0. The van der Waals surface area contributed by atoms with Gasteiger partial charge in [0.1, 0.15) is 4.90 Å². The van der Waals surface area contributed by atoms with Gasteiger partial charge in [0.2, 0.25) is 0 Å².